The molecule has 0 unspecified atom stereocenters. The van der Waals surface area contributed by atoms with Gasteiger partial charge in [0, 0.05) is 16.1 Å². The van der Waals surface area contributed by atoms with Crippen LogP contribution in [0.25, 0.3) is 16.6 Å². The molecule has 0 amide bonds. The molecule has 0 aliphatic heterocycles. The highest BCUT2D eigenvalue weighted by molar-refractivity contribution is 9.10. The Hall–Kier alpha value is -1.68. The van der Waals surface area contributed by atoms with E-state index in [1.807, 2.05) is 29.2 Å². The number of hydrogen-bond acceptors (Lipinski definition) is 2. The zero-order valence-electron chi connectivity index (χ0n) is 9.26. The van der Waals surface area contributed by atoms with Crippen molar-refractivity contribution >= 4 is 26.8 Å². The van der Waals surface area contributed by atoms with Gasteiger partial charge in [-0.05, 0) is 36.8 Å². The number of nitrogens with zero attached hydrogens (tertiary/aromatic N) is 3. The van der Waals surface area contributed by atoms with Crippen LogP contribution in [0.15, 0.2) is 47.3 Å². The molecule has 2 heterocycles. The van der Waals surface area contributed by atoms with E-state index in [9.17, 15) is 0 Å². The van der Waals surface area contributed by atoms with Crippen LogP contribution in [-0.2, 0) is 0 Å². The molecule has 0 saturated carbocycles. The normalized spacial score (nSPS) is 10.9. The number of benzene rings is 1. The molecule has 3 nitrogen and oxygen atoms in total. The van der Waals surface area contributed by atoms with Crippen molar-refractivity contribution in [3.63, 3.8) is 0 Å². The molecule has 0 aliphatic carbocycles. The van der Waals surface area contributed by atoms with Crippen LogP contribution in [0.2, 0.25) is 0 Å². The summed E-state index contributed by atoms with van der Waals surface area (Å²) in [5.74, 6) is 0. The number of halogens is 1. The van der Waals surface area contributed by atoms with Crippen molar-refractivity contribution in [3.05, 3.63) is 52.9 Å². The van der Waals surface area contributed by atoms with E-state index in [0.717, 1.165) is 26.6 Å². The maximum atomic E-state index is 4.42. The van der Waals surface area contributed by atoms with Crippen LogP contribution in [0.3, 0.4) is 0 Å². The smallest absolute Gasteiger partial charge is 0.0865 e. The fraction of sp³-hybridized carbons (Fsp3) is 0.0769. The van der Waals surface area contributed by atoms with E-state index in [0.29, 0.717) is 0 Å². The van der Waals surface area contributed by atoms with Gasteiger partial charge in [-0.1, -0.05) is 15.9 Å². The fourth-order valence-electron chi connectivity index (χ4n) is 1.87. The van der Waals surface area contributed by atoms with Crippen LogP contribution >= 0.6 is 15.9 Å². The van der Waals surface area contributed by atoms with Gasteiger partial charge >= 0.3 is 0 Å². The van der Waals surface area contributed by atoms with E-state index in [1.54, 1.807) is 6.20 Å². The summed E-state index contributed by atoms with van der Waals surface area (Å²) in [6, 6.07) is 8.12. The minimum atomic E-state index is 1.02. The third kappa shape index (κ3) is 1.74. The molecule has 3 rings (SSSR count). The molecule has 0 aliphatic rings. The number of fused-ring (bicyclic) bond motifs is 1. The van der Waals surface area contributed by atoms with E-state index in [1.165, 1.54) is 0 Å². The summed E-state index contributed by atoms with van der Waals surface area (Å²) in [4.78, 5) is 4.16. The molecule has 84 valence electrons. The first-order valence-electron chi connectivity index (χ1n) is 5.30. The summed E-state index contributed by atoms with van der Waals surface area (Å²) in [6.45, 7) is 2.06. The second-order valence-corrected chi connectivity index (χ2v) is 4.84. The fourth-order valence-corrected chi connectivity index (χ4v) is 2.25. The van der Waals surface area contributed by atoms with Crippen molar-refractivity contribution in [3.8, 4) is 5.69 Å². The van der Waals surface area contributed by atoms with Crippen molar-refractivity contribution < 1.29 is 0 Å². The number of pyridine rings is 1. The van der Waals surface area contributed by atoms with Crippen LogP contribution in [0.4, 0.5) is 0 Å². The standard InChI is InChI=1S/C13H10BrN3/c1-9-4-5-15-8-13(9)17-12-3-2-11(14)6-10(12)7-16-17/h2-8H,1H3. The maximum Gasteiger partial charge on any atom is 0.0865 e. The predicted octanol–water partition coefficient (Wildman–Crippen LogP) is 3.49. The highest BCUT2D eigenvalue weighted by atomic mass is 79.9. The first-order chi connectivity index (χ1) is 8.25. The molecule has 4 heteroatoms. The zero-order valence-corrected chi connectivity index (χ0v) is 10.8. The van der Waals surface area contributed by atoms with Gasteiger partial charge in [0.2, 0.25) is 0 Å². The minimum Gasteiger partial charge on any atom is -0.262 e. The molecular weight excluding hydrogens is 278 g/mol. The Kier molecular flexibility index (Phi) is 2.44. The van der Waals surface area contributed by atoms with Crippen LogP contribution < -0.4 is 0 Å². The van der Waals surface area contributed by atoms with Gasteiger partial charge in [-0.25, -0.2) is 4.68 Å². The van der Waals surface area contributed by atoms with Gasteiger partial charge in [-0.15, -0.1) is 0 Å². The molecule has 2 aromatic heterocycles. The lowest BCUT2D eigenvalue weighted by atomic mass is 10.2. The van der Waals surface area contributed by atoms with Crippen LogP contribution in [0, 0.1) is 6.92 Å². The molecule has 0 N–H and O–H groups in total. The third-order valence-corrected chi connectivity index (χ3v) is 3.26. The molecule has 1 aromatic carbocycles. The maximum absolute atomic E-state index is 4.42. The second-order valence-electron chi connectivity index (χ2n) is 3.92. The van der Waals surface area contributed by atoms with Crippen LogP contribution in [0.5, 0.6) is 0 Å². The Morgan fingerprint density at radius 3 is 2.88 bits per heavy atom. The average molecular weight is 288 g/mol. The summed E-state index contributed by atoms with van der Waals surface area (Å²) in [6.07, 6.45) is 5.50. The number of aromatic nitrogens is 3. The quantitative estimate of drug-likeness (QED) is 0.686. The average Bonchev–Trinajstić information content (AvgIpc) is 2.72. The van der Waals surface area contributed by atoms with E-state index < -0.39 is 0 Å². The molecule has 3 aromatic rings. The van der Waals surface area contributed by atoms with Gasteiger partial charge in [0.05, 0.1) is 23.6 Å². The molecule has 17 heavy (non-hydrogen) atoms. The molecular formula is C13H10BrN3. The first-order valence-corrected chi connectivity index (χ1v) is 6.09. The van der Waals surface area contributed by atoms with Crippen molar-refractivity contribution in [2.45, 2.75) is 6.92 Å². The lowest BCUT2D eigenvalue weighted by Gasteiger charge is -2.06. The topological polar surface area (TPSA) is 30.7 Å². The van der Waals surface area contributed by atoms with E-state index in [4.69, 9.17) is 0 Å². The molecule has 0 spiro atoms. The number of hydrogen-bond donors (Lipinski definition) is 0. The first kappa shape index (κ1) is 10.5. The second kappa shape index (κ2) is 3.96. The van der Waals surface area contributed by atoms with Gasteiger partial charge in [0.15, 0.2) is 0 Å². The Morgan fingerprint density at radius 2 is 2.06 bits per heavy atom. The predicted molar refractivity (Wildman–Crippen MR) is 71.3 cm³/mol. The summed E-state index contributed by atoms with van der Waals surface area (Å²) in [7, 11) is 0. The van der Waals surface area contributed by atoms with Gasteiger partial charge in [0.25, 0.3) is 0 Å². The Labute approximate surface area is 107 Å². The van der Waals surface area contributed by atoms with E-state index in [2.05, 4.69) is 45.1 Å². The highest BCUT2D eigenvalue weighted by Crippen LogP contribution is 2.22. The summed E-state index contributed by atoms with van der Waals surface area (Å²) >= 11 is 3.46. The lowest BCUT2D eigenvalue weighted by molar-refractivity contribution is 0.894. The highest BCUT2D eigenvalue weighted by Gasteiger charge is 2.07. The lowest BCUT2D eigenvalue weighted by Crippen LogP contribution is -1.99. The number of rotatable bonds is 1. The zero-order chi connectivity index (χ0) is 11.8. The monoisotopic (exact) mass is 287 g/mol. The van der Waals surface area contributed by atoms with Crippen LogP contribution in [-0.4, -0.2) is 14.8 Å². The van der Waals surface area contributed by atoms with Gasteiger partial charge in [-0.3, -0.25) is 4.98 Å². The van der Waals surface area contributed by atoms with Crippen LogP contribution in [0.1, 0.15) is 5.56 Å². The Bertz CT molecular complexity index is 688. The largest absolute Gasteiger partial charge is 0.262 e. The minimum absolute atomic E-state index is 1.02. The Balaban J connectivity index is 2.29. The van der Waals surface area contributed by atoms with Gasteiger partial charge in [0.1, 0.15) is 0 Å². The number of aryl methyl sites for hydroxylation is 1. The molecule has 0 bridgehead atoms. The molecule has 0 atom stereocenters. The summed E-state index contributed by atoms with van der Waals surface area (Å²) < 4.78 is 2.98. The summed E-state index contributed by atoms with van der Waals surface area (Å²) in [5, 5.41) is 5.54. The SMILES string of the molecule is Cc1ccncc1-n1ncc2cc(Br)ccc21. The molecule has 0 saturated heterocycles. The van der Waals surface area contributed by atoms with E-state index in [-0.39, 0.29) is 0 Å². The van der Waals surface area contributed by atoms with Crippen molar-refractivity contribution in [2.75, 3.05) is 0 Å². The van der Waals surface area contributed by atoms with E-state index >= 15 is 0 Å². The molecule has 0 radical (unpaired) electrons. The molecule has 0 fully saturated rings. The third-order valence-electron chi connectivity index (χ3n) is 2.77. The van der Waals surface area contributed by atoms with Crippen molar-refractivity contribution in [2.24, 2.45) is 0 Å². The van der Waals surface area contributed by atoms with Crippen molar-refractivity contribution in [1.29, 1.82) is 0 Å². The van der Waals surface area contributed by atoms with Gasteiger partial charge < -0.3 is 0 Å². The van der Waals surface area contributed by atoms with Gasteiger partial charge in [-0.2, -0.15) is 5.10 Å². The summed E-state index contributed by atoms with van der Waals surface area (Å²) in [5.41, 5.74) is 3.27. The van der Waals surface area contributed by atoms with Crippen molar-refractivity contribution in [1.82, 2.24) is 14.8 Å². The Morgan fingerprint density at radius 1 is 1.18 bits per heavy atom.